The molecule has 0 radical (unpaired) electrons. The Balaban J connectivity index is 1.85. The van der Waals surface area contributed by atoms with Crippen LogP contribution in [0, 0.1) is 0 Å². The minimum absolute atomic E-state index is 0.0284. The molecule has 0 saturated heterocycles. The molecule has 0 fully saturated rings. The van der Waals surface area contributed by atoms with Crippen molar-refractivity contribution < 1.29 is 50.1 Å². The van der Waals surface area contributed by atoms with Gasteiger partial charge in [0.1, 0.15) is 11.5 Å². The van der Waals surface area contributed by atoms with Crippen LogP contribution in [0.15, 0.2) is 66.7 Å². The third-order valence-electron chi connectivity index (χ3n) is 6.95. The predicted octanol–water partition coefficient (Wildman–Crippen LogP) is 8.97. The summed E-state index contributed by atoms with van der Waals surface area (Å²) in [6, 6.07) is 13.1. The van der Waals surface area contributed by atoms with Crippen molar-refractivity contribution in [3.8, 4) is 11.5 Å². The summed E-state index contributed by atoms with van der Waals surface area (Å²) in [5.41, 5.74) is -2.72. The average molecular weight is 625 g/mol. The Hall–Kier alpha value is -4.42. The Labute approximate surface area is 249 Å². The van der Waals surface area contributed by atoms with Gasteiger partial charge < -0.3 is 14.2 Å². The molecule has 1 heterocycles. The first kappa shape index (κ1) is 32.5. The van der Waals surface area contributed by atoms with E-state index in [4.69, 9.17) is 14.2 Å². The van der Waals surface area contributed by atoms with Crippen molar-refractivity contribution in [2.75, 3.05) is 18.1 Å². The monoisotopic (exact) mass is 624 g/mol. The number of para-hydroxylation sites is 1. The van der Waals surface area contributed by atoms with Gasteiger partial charge in [0.05, 0.1) is 36.1 Å². The maximum Gasteiger partial charge on any atom is 0.416 e. The lowest BCUT2D eigenvalue weighted by molar-refractivity contribution is -0.143. The van der Waals surface area contributed by atoms with Gasteiger partial charge in [-0.05, 0) is 81.3 Å². The van der Waals surface area contributed by atoms with E-state index in [1.807, 2.05) is 0 Å². The molecular weight excluding hydrogens is 594 g/mol. The molecule has 0 N–H and O–H groups in total. The molecule has 3 aromatic rings. The molecule has 0 unspecified atom stereocenters. The van der Waals surface area contributed by atoms with Crippen molar-refractivity contribution in [3.63, 3.8) is 0 Å². The SMILES string of the molecule is CCOC(=O)N(Cc1cc(C(F)(F)F)cc(C(F)(F)F)c1)[C@@H]1C[C@H](C)N(C(=O)OCC)c2ccc(Oc3ccccc3)cc21. The summed E-state index contributed by atoms with van der Waals surface area (Å²) >= 11 is 0. The second-order valence-electron chi connectivity index (χ2n) is 10.0. The minimum atomic E-state index is -5.07. The van der Waals surface area contributed by atoms with Crippen LogP contribution in [0.5, 0.6) is 11.5 Å². The summed E-state index contributed by atoms with van der Waals surface area (Å²) in [4.78, 5) is 28.8. The lowest BCUT2D eigenvalue weighted by atomic mass is 9.90. The van der Waals surface area contributed by atoms with E-state index in [-0.39, 0.29) is 25.7 Å². The van der Waals surface area contributed by atoms with Crippen molar-refractivity contribution in [1.82, 2.24) is 4.90 Å². The van der Waals surface area contributed by atoms with Gasteiger partial charge in [-0.2, -0.15) is 26.3 Å². The number of amides is 2. The minimum Gasteiger partial charge on any atom is -0.457 e. The topological polar surface area (TPSA) is 68.3 Å². The Morgan fingerprint density at radius 1 is 0.841 bits per heavy atom. The van der Waals surface area contributed by atoms with Crippen LogP contribution in [0.4, 0.5) is 41.6 Å². The van der Waals surface area contributed by atoms with Crippen LogP contribution in [-0.2, 0) is 28.4 Å². The number of alkyl halides is 6. The lowest BCUT2D eigenvalue weighted by Crippen LogP contribution is -2.47. The molecule has 1 aliphatic rings. The van der Waals surface area contributed by atoms with Gasteiger partial charge in [-0.25, -0.2) is 9.59 Å². The van der Waals surface area contributed by atoms with E-state index in [9.17, 15) is 35.9 Å². The van der Waals surface area contributed by atoms with Gasteiger partial charge in [0.15, 0.2) is 0 Å². The molecule has 0 spiro atoms. The maximum absolute atomic E-state index is 13.6. The van der Waals surface area contributed by atoms with Crippen LogP contribution in [0.3, 0.4) is 0 Å². The Morgan fingerprint density at radius 2 is 1.45 bits per heavy atom. The summed E-state index contributed by atoms with van der Waals surface area (Å²) < 4.78 is 98.2. The van der Waals surface area contributed by atoms with E-state index in [2.05, 4.69) is 0 Å². The first-order valence-electron chi connectivity index (χ1n) is 13.8. The van der Waals surface area contributed by atoms with Crippen molar-refractivity contribution in [3.05, 3.63) is 89.0 Å². The molecule has 3 aromatic carbocycles. The third-order valence-corrected chi connectivity index (χ3v) is 6.95. The molecule has 13 heteroatoms. The van der Waals surface area contributed by atoms with Gasteiger partial charge in [-0.15, -0.1) is 0 Å². The highest BCUT2D eigenvalue weighted by Gasteiger charge is 2.41. The van der Waals surface area contributed by atoms with Gasteiger partial charge in [0, 0.05) is 18.2 Å². The first-order chi connectivity index (χ1) is 20.7. The summed E-state index contributed by atoms with van der Waals surface area (Å²) in [6.07, 6.45) is -11.7. The van der Waals surface area contributed by atoms with E-state index in [0.29, 0.717) is 34.9 Å². The van der Waals surface area contributed by atoms with Crippen LogP contribution in [0.1, 0.15) is 55.5 Å². The van der Waals surface area contributed by atoms with Gasteiger partial charge in [-0.1, -0.05) is 18.2 Å². The van der Waals surface area contributed by atoms with Gasteiger partial charge in [-0.3, -0.25) is 9.80 Å². The summed E-state index contributed by atoms with van der Waals surface area (Å²) in [5, 5.41) is 0. The fourth-order valence-corrected chi connectivity index (χ4v) is 5.08. The number of ether oxygens (including phenoxy) is 3. The van der Waals surface area contributed by atoms with Crippen LogP contribution in [-0.4, -0.2) is 36.3 Å². The largest absolute Gasteiger partial charge is 0.457 e. The van der Waals surface area contributed by atoms with E-state index in [1.165, 1.54) is 11.8 Å². The number of nitrogens with zero attached hydrogens (tertiary/aromatic N) is 2. The van der Waals surface area contributed by atoms with Crippen molar-refractivity contribution in [2.24, 2.45) is 0 Å². The van der Waals surface area contributed by atoms with Gasteiger partial charge >= 0.3 is 24.5 Å². The van der Waals surface area contributed by atoms with E-state index in [1.54, 1.807) is 62.4 Å². The Morgan fingerprint density at radius 3 is 2.02 bits per heavy atom. The first-order valence-corrected chi connectivity index (χ1v) is 13.8. The third kappa shape index (κ3) is 7.37. The van der Waals surface area contributed by atoms with Crippen LogP contribution >= 0.6 is 0 Å². The molecule has 0 aliphatic carbocycles. The normalized spacial score (nSPS) is 16.6. The molecule has 0 aromatic heterocycles. The standard InChI is InChI=1S/C31H30F6N2O5/c1-4-42-28(40)38(18-20-14-21(30(32,33)34)16-22(15-20)31(35,36)37)27-13-19(3)39(29(41)43-5-2)26-12-11-24(17-25(26)27)44-23-9-7-6-8-10-23/h6-12,14-17,19,27H,4-5,13,18H2,1-3H3/t19-,27+/m0/s1. The fourth-order valence-electron chi connectivity index (χ4n) is 5.08. The molecule has 236 valence electrons. The van der Waals surface area contributed by atoms with E-state index < -0.39 is 59.9 Å². The highest BCUT2D eigenvalue weighted by atomic mass is 19.4. The number of halogens is 6. The van der Waals surface area contributed by atoms with Crippen molar-refractivity contribution in [1.29, 1.82) is 0 Å². The number of carbonyl (C=O) groups is 2. The van der Waals surface area contributed by atoms with Crippen LogP contribution < -0.4 is 9.64 Å². The Bertz CT molecular complexity index is 1450. The van der Waals surface area contributed by atoms with Gasteiger partial charge in [0.25, 0.3) is 0 Å². The Kier molecular flexibility index (Phi) is 9.65. The number of anilines is 1. The molecule has 2 atom stereocenters. The van der Waals surface area contributed by atoms with Crippen molar-refractivity contribution >= 4 is 17.9 Å². The lowest BCUT2D eigenvalue weighted by Gasteiger charge is -2.42. The zero-order valence-corrected chi connectivity index (χ0v) is 24.0. The molecule has 7 nitrogen and oxygen atoms in total. The summed E-state index contributed by atoms with van der Waals surface area (Å²) in [7, 11) is 0. The van der Waals surface area contributed by atoms with Crippen LogP contribution in [0.25, 0.3) is 0 Å². The second-order valence-corrected chi connectivity index (χ2v) is 10.0. The number of fused-ring (bicyclic) bond motifs is 1. The smallest absolute Gasteiger partial charge is 0.416 e. The molecule has 2 amide bonds. The molecule has 0 bridgehead atoms. The van der Waals surface area contributed by atoms with Crippen LogP contribution in [0.2, 0.25) is 0 Å². The zero-order chi connectivity index (χ0) is 32.2. The molecule has 4 rings (SSSR count). The predicted molar refractivity (Wildman–Crippen MR) is 148 cm³/mol. The average Bonchev–Trinajstić information content (AvgIpc) is 2.95. The number of benzene rings is 3. The van der Waals surface area contributed by atoms with Gasteiger partial charge in [0.2, 0.25) is 0 Å². The molecule has 44 heavy (non-hydrogen) atoms. The maximum atomic E-state index is 13.6. The number of rotatable bonds is 7. The quantitative estimate of drug-likeness (QED) is 0.246. The van der Waals surface area contributed by atoms with E-state index >= 15 is 0 Å². The second kappa shape index (κ2) is 13.1. The number of hydrogen-bond donors (Lipinski definition) is 0. The molecular formula is C31H30F6N2O5. The fraction of sp³-hybridized carbons (Fsp3) is 0.355. The summed E-state index contributed by atoms with van der Waals surface area (Å²) in [6.45, 7) is 4.19. The van der Waals surface area contributed by atoms with E-state index in [0.717, 1.165) is 4.90 Å². The number of hydrogen-bond acceptors (Lipinski definition) is 5. The highest BCUT2D eigenvalue weighted by molar-refractivity contribution is 5.90. The highest BCUT2D eigenvalue weighted by Crippen LogP contribution is 2.44. The number of carbonyl (C=O) groups excluding carboxylic acids is 2. The molecule has 1 aliphatic heterocycles. The molecule has 0 saturated carbocycles. The zero-order valence-electron chi connectivity index (χ0n) is 24.0. The van der Waals surface area contributed by atoms with Crippen molar-refractivity contribution in [2.45, 2.75) is 58.2 Å². The summed E-state index contributed by atoms with van der Waals surface area (Å²) in [5.74, 6) is 0.807.